The normalized spacial score (nSPS) is 23.2. The Kier molecular flexibility index (Phi) is 3.49. The highest BCUT2D eigenvalue weighted by Gasteiger charge is 2.16. The van der Waals surface area contributed by atoms with Crippen molar-refractivity contribution in [1.82, 2.24) is 0 Å². The first-order valence-corrected chi connectivity index (χ1v) is 6.27. The average Bonchev–Trinajstić information content (AvgIpc) is 2.29. The van der Waals surface area contributed by atoms with Gasteiger partial charge in [-0.05, 0) is 43.4 Å². The zero-order chi connectivity index (χ0) is 11.5. The molecule has 2 rings (SSSR count). The predicted octanol–water partition coefficient (Wildman–Crippen LogP) is 2.94. The number of piperidine rings is 1. The van der Waals surface area contributed by atoms with Gasteiger partial charge < -0.3 is 10.6 Å². The summed E-state index contributed by atoms with van der Waals surface area (Å²) in [6, 6.07) is 8.85. The van der Waals surface area contributed by atoms with E-state index in [1.807, 2.05) is 6.92 Å². The van der Waals surface area contributed by atoms with Crippen molar-refractivity contribution in [2.24, 2.45) is 11.7 Å². The van der Waals surface area contributed by atoms with Crippen LogP contribution in [-0.2, 0) is 0 Å². The second kappa shape index (κ2) is 4.88. The number of hydrogen-bond donors (Lipinski definition) is 1. The first kappa shape index (κ1) is 11.5. The Morgan fingerprint density at radius 3 is 2.56 bits per heavy atom. The van der Waals surface area contributed by atoms with Gasteiger partial charge in [0.1, 0.15) is 0 Å². The third kappa shape index (κ3) is 2.56. The van der Waals surface area contributed by atoms with Crippen LogP contribution in [0.25, 0.3) is 0 Å². The van der Waals surface area contributed by atoms with Gasteiger partial charge in [0.05, 0.1) is 0 Å². The van der Waals surface area contributed by atoms with E-state index in [1.165, 1.54) is 37.2 Å². The summed E-state index contributed by atoms with van der Waals surface area (Å²) in [6.07, 6.45) is 2.69. The summed E-state index contributed by atoms with van der Waals surface area (Å²) in [5, 5.41) is 0. The molecule has 2 heteroatoms. The maximum atomic E-state index is 5.85. The summed E-state index contributed by atoms with van der Waals surface area (Å²) in [5.74, 6) is 0.821. The maximum Gasteiger partial charge on any atom is 0.0366 e. The quantitative estimate of drug-likeness (QED) is 0.827. The molecule has 1 fully saturated rings. The van der Waals surface area contributed by atoms with Crippen molar-refractivity contribution in [2.45, 2.75) is 32.7 Å². The number of rotatable bonds is 2. The van der Waals surface area contributed by atoms with E-state index in [1.54, 1.807) is 0 Å². The Morgan fingerprint density at radius 1 is 1.31 bits per heavy atom. The molecule has 1 heterocycles. The minimum atomic E-state index is 0.134. The van der Waals surface area contributed by atoms with Gasteiger partial charge in [-0.25, -0.2) is 0 Å². The van der Waals surface area contributed by atoms with Crippen LogP contribution in [0.4, 0.5) is 5.69 Å². The molecule has 0 spiro atoms. The van der Waals surface area contributed by atoms with Crippen LogP contribution < -0.4 is 10.6 Å². The summed E-state index contributed by atoms with van der Waals surface area (Å²) >= 11 is 0. The number of benzene rings is 1. The van der Waals surface area contributed by atoms with Crippen LogP contribution in [0, 0.1) is 5.92 Å². The lowest BCUT2D eigenvalue weighted by Gasteiger charge is -2.33. The molecule has 0 radical (unpaired) electrons. The summed E-state index contributed by atoms with van der Waals surface area (Å²) in [7, 11) is 0. The minimum absolute atomic E-state index is 0.134. The average molecular weight is 218 g/mol. The summed E-state index contributed by atoms with van der Waals surface area (Å²) < 4.78 is 0. The van der Waals surface area contributed by atoms with Gasteiger partial charge in [0, 0.05) is 24.8 Å². The molecule has 2 N–H and O–H groups in total. The Hall–Kier alpha value is -1.02. The van der Waals surface area contributed by atoms with Crippen molar-refractivity contribution in [3.63, 3.8) is 0 Å². The van der Waals surface area contributed by atoms with Gasteiger partial charge in [-0.1, -0.05) is 19.1 Å². The van der Waals surface area contributed by atoms with Gasteiger partial charge >= 0.3 is 0 Å². The molecule has 0 saturated carbocycles. The van der Waals surface area contributed by atoms with E-state index in [4.69, 9.17) is 5.73 Å². The lowest BCUT2D eigenvalue weighted by molar-refractivity contribution is 0.447. The SMILES string of the molecule is CC1CCCN(c2ccc([C@H](C)N)cc2)C1. The van der Waals surface area contributed by atoms with Crippen molar-refractivity contribution in [3.05, 3.63) is 29.8 Å². The fourth-order valence-corrected chi connectivity index (χ4v) is 2.41. The highest BCUT2D eigenvalue weighted by molar-refractivity contribution is 5.48. The first-order chi connectivity index (χ1) is 7.66. The van der Waals surface area contributed by atoms with Crippen LogP contribution in [0.3, 0.4) is 0 Å². The van der Waals surface area contributed by atoms with Crippen LogP contribution in [0.15, 0.2) is 24.3 Å². The van der Waals surface area contributed by atoms with E-state index in [0.29, 0.717) is 0 Å². The van der Waals surface area contributed by atoms with E-state index < -0.39 is 0 Å². The summed E-state index contributed by atoms with van der Waals surface area (Å²) in [6.45, 7) is 6.75. The molecule has 0 amide bonds. The van der Waals surface area contributed by atoms with Gasteiger partial charge in [-0.2, -0.15) is 0 Å². The highest BCUT2D eigenvalue weighted by Crippen LogP contribution is 2.24. The van der Waals surface area contributed by atoms with Crippen LogP contribution in [0.5, 0.6) is 0 Å². The Balaban J connectivity index is 2.09. The molecule has 1 aliphatic heterocycles. The van der Waals surface area contributed by atoms with Crippen molar-refractivity contribution in [3.8, 4) is 0 Å². The minimum Gasteiger partial charge on any atom is -0.371 e. The number of nitrogens with two attached hydrogens (primary N) is 1. The molecule has 0 aliphatic carbocycles. The Bertz CT molecular complexity index is 329. The molecule has 1 aliphatic rings. The molecular formula is C14H22N2. The van der Waals surface area contributed by atoms with Crippen molar-refractivity contribution in [2.75, 3.05) is 18.0 Å². The summed E-state index contributed by atoms with van der Waals surface area (Å²) in [4.78, 5) is 2.49. The molecule has 1 saturated heterocycles. The molecular weight excluding hydrogens is 196 g/mol. The monoisotopic (exact) mass is 218 g/mol. The Labute approximate surface area is 98.4 Å². The van der Waals surface area contributed by atoms with E-state index in [-0.39, 0.29) is 6.04 Å². The van der Waals surface area contributed by atoms with Gasteiger partial charge in [0.15, 0.2) is 0 Å². The third-order valence-electron chi connectivity index (χ3n) is 3.44. The topological polar surface area (TPSA) is 29.3 Å². The highest BCUT2D eigenvalue weighted by atomic mass is 15.1. The largest absolute Gasteiger partial charge is 0.371 e. The van der Waals surface area contributed by atoms with Crippen LogP contribution in [0.1, 0.15) is 38.3 Å². The lowest BCUT2D eigenvalue weighted by Crippen LogP contribution is -2.34. The van der Waals surface area contributed by atoms with Gasteiger partial charge in [-0.3, -0.25) is 0 Å². The molecule has 88 valence electrons. The number of hydrogen-bond acceptors (Lipinski definition) is 2. The molecule has 0 aromatic heterocycles. The summed E-state index contributed by atoms with van der Waals surface area (Å²) in [5.41, 5.74) is 8.41. The van der Waals surface area contributed by atoms with Gasteiger partial charge in [-0.15, -0.1) is 0 Å². The Morgan fingerprint density at radius 2 is 2.00 bits per heavy atom. The number of nitrogens with zero attached hydrogens (tertiary/aromatic N) is 1. The molecule has 0 bridgehead atoms. The van der Waals surface area contributed by atoms with Gasteiger partial charge in [0.25, 0.3) is 0 Å². The standard InChI is InChI=1S/C14H22N2/c1-11-4-3-9-16(10-11)14-7-5-13(6-8-14)12(2)15/h5-8,11-12H,3-4,9-10,15H2,1-2H3/t11?,12-/m0/s1. The molecule has 1 aromatic rings. The van der Waals surface area contributed by atoms with E-state index in [0.717, 1.165) is 5.92 Å². The second-order valence-electron chi connectivity index (χ2n) is 5.07. The fourth-order valence-electron chi connectivity index (χ4n) is 2.41. The molecule has 16 heavy (non-hydrogen) atoms. The second-order valence-corrected chi connectivity index (χ2v) is 5.07. The predicted molar refractivity (Wildman–Crippen MR) is 69.7 cm³/mol. The van der Waals surface area contributed by atoms with Crippen molar-refractivity contribution >= 4 is 5.69 Å². The smallest absolute Gasteiger partial charge is 0.0366 e. The van der Waals surface area contributed by atoms with Crippen molar-refractivity contribution in [1.29, 1.82) is 0 Å². The van der Waals surface area contributed by atoms with E-state index in [2.05, 4.69) is 36.1 Å². The van der Waals surface area contributed by atoms with Gasteiger partial charge in [0.2, 0.25) is 0 Å². The third-order valence-corrected chi connectivity index (χ3v) is 3.44. The fraction of sp³-hybridized carbons (Fsp3) is 0.571. The van der Waals surface area contributed by atoms with Crippen LogP contribution in [0.2, 0.25) is 0 Å². The zero-order valence-electron chi connectivity index (χ0n) is 10.3. The van der Waals surface area contributed by atoms with Crippen LogP contribution >= 0.6 is 0 Å². The lowest BCUT2D eigenvalue weighted by atomic mass is 9.99. The molecule has 1 aromatic carbocycles. The van der Waals surface area contributed by atoms with Crippen LogP contribution in [-0.4, -0.2) is 13.1 Å². The maximum absolute atomic E-state index is 5.85. The molecule has 2 atom stereocenters. The number of anilines is 1. The van der Waals surface area contributed by atoms with E-state index in [9.17, 15) is 0 Å². The first-order valence-electron chi connectivity index (χ1n) is 6.27. The van der Waals surface area contributed by atoms with Crippen molar-refractivity contribution < 1.29 is 0 Å². The zero-order valence-corrected chi connectivity index (χ0v) is 10.3. The molecule has 2 nitrogen and oxygen atoms in total. The van der Waals surface area contributed by atoms with E-state index >= 15 is 0 Å². The molecule has 1 unspecified atom stereocenters.